The number of aliphatic carboxylic acids is 1. The van der Waals surface area contributed by atoms with E-state index in [2.05, 4.69) is 5.32 Å². The summed E-state index contributed by atoms with van der Waals surface area (Å²) in [7, 11) is 0. The molecule has 0 unspecified atom stereocenters. The third-order valence-electron chi connectivity index (χ3n) is 3.88. The van der Waals surface area contributed by atoms with Crippen LogP contribution in [-0.2, 0) is 20.7 Å². The highest BCUT2D eigenvalue weighted by Gasteiger charge is 2.40. The van der Waals surface area contributed by atoms with E-state index in [1.807, 2.05) is 0 Å². The van der Waals surface area contributed by atoms with Gasteiger partial charge in [0.1, 0.15) is 0 Å². The number of carbonyl (C=O) groups excluding carboxylic acids is 1. The van der Waals surface area contributed by atoms with E-state index in [4.69, 9.17) is 4.74 Å². The summed E-state index contributed by atoms with van der Waals surface area (Å²) in [6.07, 6.45) is 0.519. The summed E-state index contributed by atoms with van der Waals surface area (Å²) in [4.78, 5) is 23.3. The first-order valence-corrected chi connectivity index (χ1v) is 6.95. The Morgan fingerprint density at radius 1 is 1.23 bits per heavy atom. The van der Waals surface area contributed by atoms with Crippen LogP contribution in [0.5, 0.6) is 0 Å². The first kappa shape index (κ1) is 16.4. The van der Waals surface area contributed by atoms with Crippen molar-refractivity contribution >= 4 is 11.9 Å². The summed E-state index contributed by atoms with van der Waals surface area (Å²) in [5.41, 5.74) is -0.699. The highest BCUT2D eigenvalue weighted by molar-refractivity contribution is 5.80. The van der Waals surface area contributed by atoms with Crippen LogP contribution < -0.4 is 5.32 Å². The molecule has 1 aliphatic heterocycles. The number of carboxylic acids is 1. The van der Waals surface area contributed by atoms with Crippen LogP contribution in [0.1, 0.15) is 18.4 Å². The molecule has 1 heterocycles. The number of hydrogen-bond donors (Lipinski definition) is 2. The van der Waals surface area contributed by atoms with Crippen molar-refractivity contribution in [3.63, 3.8) is 0 Å². The lowest BCUT2D eigenvalue weighted by Crippen LogP contribution is -2.46. The van der Waals surface area contributed by atoms with Gasteiger partial charge in [-0.1, -0.05) is 6.07 Å². The quantitative estimate of drug-likeness (QED) is 0.864. The molecule has 0 aliphatic carbocycles. The zero-order valence-corrected chi connectivity index (χ0v) is 11.9. The maximum absolute atomic E-state index is 13.1. The molecule has 1 aliphatic rings. The van der Waals surface area contributed by atoms with Gasteiger partial charge in [0.15, 0.2) is 11.6 Å². The number of carboxylic acid groups (broad SMARTS) is 1. The van der Waals surface area contributed by atoms with Crippen LogP contribution in [0.4, 0.5) is 8.78 Å². The molecule has 0 bridgehead atoms. The molecule has 1 amide bonds. The van der Waals surface area contributed by atoms with Gasteiger partial charge >= 0.3 is 5.97 Å². The van der Waals surface area contributed by atoms with E-state index in [0.29, 0.717) is 31.6 Å². The van der Waals surface area contributed by atoms with Crippen molar-refractivity contribution < 1.29 is 28.2 Å². The maximum atomic E-state index is 13.1. The van der Waals surface area contributed by atoms with Crippen molar-refractivity contribution in [2.45, 2.75) is 19.3 Å². The van der Waals surface area contributed by atoms with Crippen molar-refractivity contribution in [2.24, 2.45) is 5.41 Å². The van der Waals surface area contributed by atoms with E-state index in [1.165, 1.54) is 6.07 Å². The second-order valence-corrected chi connectivity index (χ2v) is 5.40. The topological polar surface area (TPSA) is 75.6 Å². The fraction of sp³-hybridized carbons (Fsp3) is 0.467. The largest absolute Gasteiger partial charge is 0.481 e. The van der Waals surface area contributed by atoms with Gasteiger partial charge in [0.2, 0.25) is 5.91 Å². The third-order valence-corrected chi connectivity index (χ3v) is 3.88. The average molecular weight is 313 g/mol. The Labute approximate surface area is 126 Å². The second-order valence-electron chi connectivity index (χ2n) is 5.40. The molecule has 0 radical (unpaired) electrons. The van der Waals surface area contributed by atoms with Crippen molar-refractivity contribution in [1.82, 2.24) is 5.32 Å². The lowest BCUT2D eigenvalue weighted by atomic mass is 9.80. The van der Waals surface area contributed by atoms with E-state index < -0.39 is 28.9 Å². The predicted octanol–water partition coefficient (Wildman–Crippen LogP) is 1.50. The summed E-state index contributed by atoms with van der Waals surface area (Å²) in [6, 6.07) is 3.23. The van der Waals surface area contributed by atoms with Crippen LogP contribution in [0.3, 0.4) is 0 Å². The van der Waals surface area contributed by atoms with Gasteiger partial charge in [0.25, 0.3) is 0 Å². The van der Waals surface area contributed by atoms with Gasteiger partial charge in [0, 0.05) is 19.8 Å². The monoisotopic (exact) mass is 313 g/mol. The SMILES string of the molecule is O=C(Cc1ccc(F)c(F)c1)NCC1(C(=O)O)CCOCC1. The summed E-state index contributed by atoms with van der Waals surface area (Å²) in [5, 5.41) is 11.9. The molecule has 7 heteroatoms. The number of carbonyl (C=O) groups is 2. The number of halogens is 2. The van der Waals surface area contributed by atoms with Gasteiger partial charge in [-0.05, 0) is 30.5 Å². The maximum Gasteiger partial charge on any atom is 0.311 e. The Morgan fingerprint density at radius 3 is 2.50 bits per heavy atom. The predicted molar refractivity (Wildman–Crippen MR) is 73.2 cm³/mol. The molecule has 120 valence electrons. The molecule has 22 heavy (non-hydrogen) atoms. The van der Waals surface area contributed by atoms with Crippen molar-refractivity contribution in [3.05, 3.63) is 35.4 Å². The first-order valence-electron chi connectivity index (χ1n) is 6.95. The number of nitrogens with one attached hydrogen (secondary N) is 1. The van der Waals surface area contributed by atoms with Crippen LogP contribution in [0.25, 0.3) is 0 Å². The molecule has 1 aromatic carbocycles. The molecule has 1 saturated heterocycles. The standard InChI is InChI=1S/C15H17F2NO4/c16-11-2-1-10(7-12(11)17)8-13(19)18-9-15(14(20)21)3-5-22-6-4-15/h1-2,7H,3-6,8-9H2,(H,18,19)(H,20,21). The first-order chi connectivity index (χ1) is 10.4. The minimum absolute atomic E-state index is 0.00575. The van der Waals surface area contributed by atoms with Crippen molar-refractivity contribution in [1.29, 1.82) is 0 Å². The molecule has 1 aromatic rings. The summed E-state index contributed by atoms with van der Waals surface area (Å²) < 4.78 is 31.0. The second kappa shape index (κ2) is 6.83. The minimum Gasteiger partial charge on any atom is -0.481 e. The molecule has 0 saturated carbocycles. The third kappa shape index (κ3) is 3.79. The summed E-state index contributed by atoms with van der Waals surface area (Å²) in [6.45, 7) is 0.672. The Kier molecular flexibility index (Phi) is 5.07. The number of amides is 1. The van der Waals surface area contributed by atoms with Gasteiger partial charge in [-0.25, -0.2) is 8.78 Å². The smallest absolute Gasteiger partial charge is 0.311 e. The van der Waals surface area contributed by atoms with E-state index in [1.54, 1.807) is 0 Å². The molecule has 0 aromatic heterocycles. The van der Waals surface area contributed by atoms with Crippen LogP contribution >= 0.6 is 0 Å². The summed E-state index contributed by atoms with van der Waals surface area (Å²) >= 11 is 0. The van der Waals surface area contributed by atoms with Crippen LogP contribution in [0.15, 0.2) is 18.2 Å². The number of hydrogen-bond acceptors (Lipinski definition) is 3. The lowest BCUT2D eigenvalue weighted by molar-refractivity contribution is -0.154. The van der Waals surface area contributed by atoms with Crippen molar-refractivity contribution in [3.8, 4) is 0 Å². The van der Waals surface area contributed by atoms with E-state index in [9.17, 15) is 23.5 Å². The Bertz CT molecular complexity index is 571. The normalized spacial score (nSPS) is 17.0. The number of ether oxygens (including phenoxy) is 1. The number of rotatable bonds is 5. The zero-order chi connectivity index (χ0) is 16.2. The van der Waals surface area contributed by atoms with Gasteiger partial charge in [-0.2, -0.15) is 0 Å². The average Bonchev–Trinajstić information content (AvgIpc) is 2.50. The Morgan fingerprint density at radius 2 is 1.91 bits per heavy atom. The van der Waals surface area contributed by atoms with E-state index >= 15 is 0 Å². The molecular formula is C15H17F2NO4. The molecule has 0 spiro atoms. The van der Waals surface area contributed by atoms with Crippen molar-refractivity contribution in [2.75, 3.05) is 19.8 Å². The fourth-order valence-electron chi connectivity index (χ4n) is 2.39. The molecule has 0 atom stereocenters. The van der Waals surface area contributed by atoms with E-state index in [0.717, 1.165) is 12.1 Å². The minimum atomic E-state index is -1.03. The van der Waals surface area contributed by atoms with Crippen LogP contribution in [0.2, 0.25) is 0 Å². The molecule has 2 N–H and O–H groups in total. The zero-order valence-electron chi connectivity index (χ0n) is 11.9. The molecule has 5 nitrogen and oxygen atoms in total. The van der Waals surface area contributed by atoms with Gasteiger partial charge in [0.05, 0.1) is 11.8 Å². The lowest BCUT2D eigenvalue weighted by Gasteiger charge is -2.33. The highest BCUT2D eigenvalue weighted by atomic mass is 19.2. The van der Waals surface area contributed by atoms with Gasteiger partial charge < -0.3 is 15.2 Å². The Hall–Kier alpha value is -2.02. The van der Waals surface area contributed by atoms with Gasteiger partial charge in [-0.15, -0.1) is 0 Å². The fourth-order valence-corrected chi connectivity index (χ4v) is 2.39. The Balaban J connectivity index is 1.93. The van der Waals surface area contributed by atoms with Crippen LogP contribution in [-0.4, -0.2) is 36.7 Å². The molecule has 2 rings (SSSR count). The van der Waals surface area contributed by atoms with E-state index in [-0.39, 0.29) is 13.0 Å². The molecular weight excluding hydrogens is 296 g/mol. The summed E-state index contributed by atoms with van der Waals surface area (Å²) in [5.74, 6) is -3.39. The highest BCUT2D eigenvalue weighted by Crippen LogP contribution is 2.30. The van der Waals surface area contributed by atoms with Crippen LogP contribution in [0, 0.1) is 17.0 Å². The molecule has 1 fully saturated rings. The van der Waals surface area contributed by atoms with Gasteiger partial charge in [-0.3, -0.25) is 9.59 Å². The number of benzene rings is 1.